The summed E-state index contributed by atoms with van der Waals surface area (Å²) < 4.78 is 10.1. The highest BCUT2D eigenvalue weighted by molar-refractivity contribution is 5.97. The predicted octanol–water partition coefficient (Wildman–Crippen LogP) is -0.00700. The second kappa shape index (κ2) is 5.73. The van der Waals surface area contributed by atoms with Gasteiger partial charge in [0.15, 0.2) is 19.1 Å². The van der Waals surface area contributed by atoms with Crippen molar-refractivity contribution in [2.24, 2.45) is 17.8 Å². The van der Waals surface area contributed by atoms with E-state index in [1.54, 1.807) is 6.26 Å². The van der Waals surface area contributed by atoms with Crippen LogP contribution in [0.2, 0.25) is 0 Å². The monoisotopic (exact) mass is 315 g/mol. The van der Waals surface area contributed by atoms with Gasteiger partial charge in [-0.1, -0.05) is 0 Å². The number of nitrogens with one attached hydrogen (secondary N) is 1. The molecule has 0 aliphatic carbocycles. The Hall–Kier alpha value is -2.28. The van der Waals surface area contributed by atoms with Crippen LogP contribution in [0.5, 0.6) is 0 Å². The molecule has 3 N–H and O–H groups in total. The van der Waals surface area contributed by atoms with Crippen LogP contribution in [0.1, 0.15) is 17.7 Å². The van der Waals surface area contributed by atoms with E-state index in [2.05, 4.69) is 43.9 Å². The summed E-state index contributed by atoms with van der Waals surface area (Å²) in [5.41, 5.74) is 7.00. The average molecular weight is 315 g/mol. The molecule has 7 nitrogen and oxygen atoms in total. The Morgan fingerprint density at radius 1 is 1.52 bits per heavy atom. The van der Waals surface area contributed by atoms with Gasteiger partial charge in [0.25, 0.3) is 0 Å². The van der Waals surface area contributed by atoms with Gasteiger partial charge in [-0.25, -0.2) is 0 Å². The zero-order chi connectivity index (χ0) is 15.8. The van der Waals surface area contributed by atoms with Crippen LogP contribution in [0, 0.1) is 0 Å². The molecule has 7 heteroatoms. The first kappa shape index (κ1) is 14.3. The largest absolute Gasteiger partial charge is 0.467 e. The molecule has 1 unspecified atom stereocenters. The van der Waals surface area contributed by atoms with E-state index in [0.29, 0.717) is 5.84 Å². The molecule has 122 valence electrons. The van der Waals surface area contributed by atoms with Gasteiger partial charge in [0.05, 0.1) is 30.8 Å². The Morgan fingerprint density at radius 2 is 2.43 bits per heavy atom. The third kappa shape index (κ3) is 2.72. The van der Waals surface area contributed by atoms with Crippen LogP contribution >= 0.6 is 0 Å². The second-order valence-corrected chi connectivity index (χ2v) is 6.25. The van der Waals surface area contributed by atoms with Gasteiger partial charge in [-0.2, -0.15) is 0 Å². The van der Waals surface area contributed by atoms with E-state index >= 15 is 0 Å². The summed E-state index contributed by atoms with van der Waals surface area (Å²) in [5, 5.41) is 3.30. The second-order valence-electron chi connectivity index (χ2n) is 6.25. The van der Waals surface area contributed by atoms with Gasteiger partial charge in [0, 0.05) is 13.1 Å². The number of nitrogens with two attached hydrogens (primary N) is 1. The van der Waals surface area contributed by atoms with Crippen molar-refractivity contribution in [3.8, 4) is 0 Å². The Bertz CT molecular complexity index is 725. The summed E-state index contributed by atoms with van der Waals surface area (Å²) in [6.07, 6.45) is 4.84. The standard InChI is InChI=1S/C16H23N6O/c1-20-5-3-15-21(6-7-22(15)20)10-14-8-12(11-23-14)16(17)19-13-2-4-18-9-13/h3,5,8,11,13,18H,2,4,6-7,9-10H2,1H3,(H2,17,19)/q+1. The number of anilines is 1. The number of rotatable bonds is 4. The summed E-state index contributed by atoms with van der Waals surface area (Å²) in [5.74, 6) is 2.72. The number of aromatic nitrogens is 2. The first-order chi connectivity index (χ1) is 11.2. The lowest BCUT2D eigenvalue weighted by Crippen LogP contribution is -2.37. The molecule has 0 radical (unpaired) electrons. The van der Waals surface area contributed by atoms with Gasteiger partial charge >= 0.3 is 0 Å². The molecule has 2 aromatic heterocycles. The maximum atomic E-state index is 6.12. The Morgan fingerprint density at radius 3 is 3.26 bits per heavy atom. The number of aliphatic imine (C=N–C) groups is 1. The lowest BCUT2D eigenvalue weighted by Gasteiger charge is -2.13. The van der Waals surface area contributed by atoms with Crippen molar-refractivity contribution in [2.45, 2.75) is 25.6 Å². The summed E-state index contributed by atoms with van der Waals surface area (Å²) in [6.45, 7) is 4.68. The minimum absolute atomic E-state index is 0.287. The van der Waals surface area contributed by atoms with Crippen LogP contribution in [0.25, 0.3) is 0 Å². The van der Waals surface area contributed by atoms with Gasteiger partial charge in [-0.05, 0) is 19.0 Å². The Labute approximate surface area is 135 Å². The number of amidine groups is 1. The fourth-order valence-corrected chi connectivity index (χ4v) is 3.34. The zero-order valence-electron chi connectivity index (χ0n) is 13.4. The number of hydrogen-bond donors (Lipinski definition) is 2. The normalized spacial score (nSPS) is 21.2. The number of nitrogens with zero attached hydrogens (tertiary/aromatic N) is 4. The van der Waals surface area contributed by atoms with Crippen LogP contribution in [0.4, 0.5) is 5.82 Å². The molecule has 2 aliphatic rings. The van der Waals surface area contributed by atoms with Gasteiger partial charge < -0.3 is 20.4 Å². The number of hydrogen-bond acceptors (Lipinski definition) is 4. The van der Waals surface area contributed by atoms with E-state index < -0.39 is 0 Å². The van der Waals surface area contributed by atoms with Gasteiger partial charge in [0.2, 0.25) is 0 Å². The number of aryl methyl sites for hydroxylation is 1. The fraction of sp³-hybridized carbons (Fsp3) is 0.500. The quantitative estimate of drug-likeness (QED) is 0.473. The highest BCUT2D eigenvalue weighted by Gasteiger charge is 2.26. The third-order valence-corrected chi connectivity index (χ3v) is 4.64. The lowest BCUT2D eigenvalue weighted by atomic mass is 10.2. The molecule has 1 atom stereocenters. The molecule has 1 fully saturated rings. The van der Waals surface area contributed by atoms with Crippen molar-refractivity contribution in [3.63, 3.8) is 0 Å². The Balaban J connectivity index is 1.46. The molecule has 2 aromatic rings. The third-order valence-electron chi connectivity index (χ3n) is 4.64. The molecule has 0 spiro atoms. The molecule has 0 aromatic carbocycles. The van der Waals surface area contributed by atoms with E-state index in [0.717, 1.165) is 50.5 Å². The summed E-state index contributed by atoms with van der Waals surface area (Å²) in [7, 11) is 2.06. The van der Waals surface area contributed by atoms with Crippen LogP contribution in [0.15, 0.2) is 34.0 Å². The van der Waals surface area contributed by atoms with E-state index in [-0.39, 0.29) is 6.04 Å². The number of fused-ring (bicyclic) bond motifs is 1. The SMILES string of the molecule is C[n+]1ccc2n1CCN2Cc1cc(C(N)=NC2CCNC2)co1. The molecule has 0 saturated carbocycles. The molecular formula is C16H23N6O+. The van der Waals surface area contributed by atoms with Crippen LogP contribution < -0.4 is 20.6 Å². The highest BCUT2D eigenvalue weighted by atomic mass is 16.3. The van der Waals surface area contributed by atoms with E-state index in [1.807, 2.05) is 6.07 Å². The maximum Gasteiger partial charge on any atom is 0.197 e. The van der Waals surface area contributed by atoms with Crippen molar-refractivity contribution in [3.05, 3.63) is 35.9 Å². The van der Waals surface area contributed by atoms with E-state index in [1.165, 1.54) is 5.82 Å². The highest BCUT2D eigenvalue weighted by Crippen LogP contribution is 2.22. The molecular weight excluding hydrogens is 292 g/mol. The smallest absolute Gasteiger partial charge is 0.197 e. The van der Waals surface area contributed by atoms with Crippen molar-refractivity contribution >= 4 is 11.7 Å². The summed E-state index contributed by atoms with van der Waals surface area (Å²) in [6, 6.07) is 4.43. The van der Waals surface area contributed by atoms with Crippen molar-refractivity contribution in [2.75, 3.05) is 24.5 Å². The van der Waals surface area contributed by atoms with E-state index in [9.17, 15) is 0 Å². The Kier molecular flexibility index (Phi) is 3.57. The van der Waals surface area contributed by atoms with Gasteiger partial charge in [-0.15, -0.1) is 9.36 Å². The maximum absolute atomic E-state index is 6.12. The zero-order valence-corrected chi connectivity index (χ0v) is 13.4. The molecule has 23 heavy (non-hydrogen) atoms. The first-order valence-electron chi connectivity index (χ1n) is 8.13. The lowest BCUT2D eigenvalue weighted by molar-refractivity contribution is -0.751. The topological polar surface area (TPSA) is 75.6 Å². The van der Waals surface area contributed by atoms with Crippen LogP contribution in [-0.2, 0) is 20.1 Å². The van der Waals surface area contributed by atoms with Crippen molar-refractivity contribution in [1.82, 2.24) is 10.00 Å². The average Bonchev–Trinajstić information content (AvgIpc) is 3.28. The summed E-state index contributed by atoms with van der Waals surface area (Å²) in [4.78, 5) is 6.90. The van der Waals surface area contributed by atoms with E-state index in [4.69, 9.17) is 10.2 Å². The van der Waals surface area contributed by atoms with Crippen LogP contribution in [-0.4, -0.2) is 36.2 Å². The van der Waals surface area contributed by atoms with Crippen molar-refractivity contribution in [1.29, 1.82) is 0 Å². The minimum atomic E-state index is 0.287. The number of furan rings is 1. The summed E-state index contributed by atoms with van der Waals surface area (Å²) >= 11 is 0. The molecule has 0 bridgehead atoms. The first-order valence-corrected chi connectivity index (χ1v) is 8.13. The molecule has 2 aliphatic heterocycles. The van der Waals surface area contributed by atoms with Crippen LogP contribution in [0.3, 0.4) is 0 Å². The van der Waals surface area contributed by atoms with Gasteiger partial charge in [-0.3, -0.25) is 4.99 Å². The minimum Gasteiger partial charge on any atom is -0.467 e. The fourth-order valence-electron chi connectivity index (χ4n) is 3.34. The molecule has 4 rings (SSSR count). The van der Waals surface area contributed by atoms with Crippen molar-refractivity contribution < 1.29 is 9.10 Å². The van der Waals surface area contributed by atoms with Gasteiger partial charge in [0.1, 0.15) is 17.9 Å². The molecule has 1 saturated heterocycles. The molecule has 4 heterocycles. The predicted molar refractivity (Wildman–Crippen MR) is 87.4 cm³/mol. The molecule has 0 amide bonds.